The van der Waals surface area contributed by atoms with Gasteiger partial charge in [-0.3, -0.25) is 4.72 Å². The Labute approximate surface area is 129 Å². The smallest absolute Gasteiger partial charge is 0.271 e. The van der Waals surface area contributed by atoms with E-state index in [9.17, 15) is 8.42 Å². The Kier molecular flexibility index (Phi) is 3.54. The first-order chi connectivity index (χ1) is 9.54. The maximum atomic E-state index is 12.1. The highest BCUT2D eigenvalue weighted by atomic mass is 79.9. The molecule has 0 saturated carbocycles. The molecule has 0 aliphatic heterocycles. The molecule has 3 aromatic rings. The molecule has 102 valence electrons. The monoisotopic (exact) mass is 367 g/mol. The topological polar surface area (TPSA) is 46.2 Å². The van der Waals surface area contributed by atoms with Crippen molar-refractivity contribution in [1.82, 2.24) is 0 Å². The summed E-state index contributed by atoms with van der Waals surface area (Å²) in [7, 11) is -3.49. The van der Waals surface area contributed by atoms with Crippen molar-refractivity contribution in [2.24, 2.45) is 0 Å². The summed E-state index contributed by atoms with van der Waals surface area (Å²) in [6.45, 7) is 0. The predicted octanol–water partition coefficient (Wildman–Crippen LogP) is 4.46. The standard InChI is InChI=1S/C14H10BrNO2S2/c15-12-5-3-11-9-13(6-4-10(11)8-12)16-20(17,18)14-2-1-7-19-14/h1-9,16H. The second-order valence-electron chi connectivity index (χ2n) is 4.24. The van der Waals surface area contributed by atoms with Crippen molar-refractivity contribution >= 4 is 53.7 Å². The van der Waals surface area contributed by atoms with E-state index in [1.807, 2.05) is 30.3 Å². The molecule has 0 unspecified atom stereocenters. The first kappa shape index (κ1) is 13.6. The van der Waals surface area contributed by atoms with Gasteiger partial charge in [0.05, 0.1) is 0 Å². The van der Waals surface area contributed by atoms with Gasteiger partial charge in [-0.1, -0.05) is 34.1 Å². The molecule has 20 heavy (non-hydrogen) atoms. The van der Waals surface area contributed by atoms with Crippen molar-refractivity contribution in [1.29, 1.82) is 0 Å². The van der Waals surface area contributed by atoms with Gasteiger partial charge in [0, 0.05) is 10.2 Å². The molecule has 0 radical (unpaired) electrons. The molecule has 6 heteroatoms. The van der Waals surface area contributed by atoms with Crippen LogP contribution in [0.15, 0.2) is 62.6 Å². The lowest BCUT2D eigenvalue weighted by Gasteiger charge is -2.07. The summed E-state index contributed by atoms with van der Waals surface area (Å²) in [5, 5.41) is 3.78. The molecule has 0 aliphatic rings. The first-order valence-electron chi connectivity index (χ1n) is 5.80. The van der Waals surface area contributed by atoms with Crippen molar-refractivity contribution < 1.29 is 8.42 Å². The van der Waals surface area contributed by atoms with E-state index in [0.717, 1.165) is 15.2 Å². The highest BCUT2D eigenvalue weighted by molar-refractivity contribution is 9.10. The summed E-state index contributed by atoms with van der Waals surface area (Å²) in [5.41, 5.74) is 0.563. The third-order valence-electron chi connectivity index (χ3n) is 2.81. The largest absolute Gasteiger partial charge is 0.279 e. The Morgan fingerprint density at radius 2 is 1.75 bits per heavy atom. The number of nitrogens with one attached hydrogen (secondary N) is 1. The van der Waals surface area contributed by atoms with Crippen molar-refractivity contribution in [3.8, 4) is 0 Å². The van der Waals surface area contributed by atoms with Crippen LogP contribution in [0.5, 0.6) is 0 Å². The normalized spacial score (nSPS) is 11.7. The Hall–Kier alpha value is -1.37. The summed E-state index contributed by atoms with van der Waals surface area (Å²) in [6.07, 6.45) is 0. The number of anilines is 1. The van der Waals surface area contributed by atoms with Crippen LogP contribution in [0.1, 0.15) is 0 Å². The second kappa shape index (κ2) is 5.20. The fourth-order valence-corrected chi connectivity index (χ4v) is 4.32. The minimum atomic E-state index is -3.49. The molecule has 0 amide bonds. The second-order valence-corrected chi connectivity index (χ2v) is 8.02. The number of hydrogen-bond donors (Lipinski definition) is 1. The van der Waals surface area contributed by atoms with Crippen molar-refractivity contribution in [3.05, 3.63) is 58.4 Å². The average Bonchev–Trinajstić information content (AvgIpc) is 2.93. The molecule has 0 aliphatic carbocycles. The van der Waals surface area contributed by atoms with E-state index in [4.69, 9.17) is 0 Å². The zero-order chi connectivity index (χ0) is 14.2. The van der Waals surface area contributed by atoms with Crippen molar-refractivity contribution in [2.75, 3.05) is 4.72 Å². The van der Waals surface area contributed by atoms with Crippen molar-refractivity contribution in [3.63, 3.8) is 0 Å². The number of hydrogen-bond acceptors (Lipinski definition) is 3. The van der Waals surface area contributed by atoms with Crippen LogP contribution in [0.25, 0.3) is 10.8 Å². The number of fused-ring (bicyclic) bond motifs is 1. The van der Waals surface area contributed by atoms with E-state index in [1.54, 1.807) is 23.6 Å². The molecule has 1 aromatic heterocycles. The average molecular weight is 368 g/mol. The zero-order valence-electron chi connectivity index (χ0n) is 10.2. The van der Waals surface area contributed by atoms with Crippen LogP contribution in [-0.2, 0) is 10.0 Å². The van der Waals surface area contributed by atoms with Gasteiger partial charge in [0.15, 0.2) is 0 Å². The third-order valence-corrected chi connectivity index (χ3v) is 6.09. The van der Waals surface area contributed by atoms with Gasteiger partial charge in [-0.25, -0.2) is 8.42 Å². The Morgan fingerprint density at radius 1 is 1.00 bits per heavy atom. The highest BCUT2D eigenvalue weighted by Crippen LogP contribution is 2.25. The predicted molar refractivity (Wildman–Crippen MR) is 86.8 cm³/mol. The van der Waals surface area contributed by atoms with Crippen LogP contribution in [0.3, 0.4) is 0 Å². The zero-order valence-corrected chi connectivity index (χ0v) is 13.4. The quantitative estimate of drug-likeness (QED) is 0.742. The third kappa shape index (κ3) is 2.72. The number of rotatable bonds is 3. The molecular formula is C14H10BrNO2S2. The van der Waals surface area contributed by atoms with E-state index in [0.29, 0.717) is 9.90 Å². The Balaban J connectivity index is 1.98. The number of thiophene rings is 1. The lowest BCUT2D eigenvalue weighted by atomic mass is 10.1. The molecule has 1 heterocycles. The van der Waals surface area contributed by atoms with E-state index < -0.39 is 10.0 Å². The summed E-state index contributed by atoms with van der Waals surface area (Å²) in [4.78, 5) is 0. The minimum absolute atomic E-state index is 0.313. The highest BCUT2D eigenvalue weighted by Gasteiger charge is 2.15. The van der Waals surface area contributed by atoms with Crippen LogP contribution in [-0.4, -0.2) is 8.42 Å². The number of halogens is 1. The summed E-state index contributed by atoms with van der Waals surface area (Å²) in [6, 6.07) is 14.7. The Morgan fingerprint density at radius 3 is 2.50 bits per heavy atom. The van der Waals surface area contributed by atoms with Gasteiger partial charge in [-0.15, -0.1) is 11.3 Å². The summed E-state index contributed by atoms with van der Waals surface area (Å²) < 4.78 is 28.2. The SMILES string of the molecule is O=S(=O)(Nc1ccc2cc(Br)ccc2c1)c1cccs1. The van der Waals surface area contributed by atoms with E-state index in [-0.39, 0.29) is 0 Å². The van der Waals surface area contributed by atoms with Gasteiger partial charge in [-0.2, -0.15) is 0 Å². The summed E-state index contributed by atoms with van der Waals surface area (Å²) >= 11 is 4.61. The molecule has 0 spiro atoms. The van der Waals surface area contributed by atoms with Crippen LogP contribution < -0.4 is 4.72 Å². The molecular weight excluding hydrogens is 358 g/mol. The van der Waals surface area contributed by atoms with E-state index in [2.05, 4.69) is 20.7 Å². The maximum Gasteiger partial charge on any atom is 0.271 e. The van der Waals surface area contributed by atoms with Crippen molar-refractivity contribution in [2.45, 2.75) is 4.21 Å². The van der Waals surface area contributed by atoms with Crippen LogP contribution in [0.2, 0.25) is 0 Å². The van der Waals surface area contributed by atoms with Gasteiger partial charge < -0.3 is 0 Å². The summed E-state index contributed by atoms with van der Waals surface area (Å²) in [5.74, 6) is 0. The lowest BCUT2D eigenvalue weighted by molar-refractivity contribution is 0.603. The van der Waals surface area contributed by atoms with E-state index in [1.165, 1.54) is 11.3 Å². The number of benzene rings is 2. The fraction of sp³-hybridized carbons (Fsp3) is 0. The van der Waals surface area contributed by atoms with Gasteiger partial charge >= 0.3 is 0 Å². The minimum Gasteiger partial charge on any atom is -0.279 e. The molecule has 0 bridgehead atoms. The maximum absolute atomic E-state index is 12.1. The molecule has 0 saturated heterocycles. The molecule has 1 N–H and O–H groups in total. The lowest BCUT2D eigenvalue weighted by Crippen LogP contribution is -2.11. The molecule has 3 nitrogen and oxygen atoms in total. The first-order valence-corrected chi connectivity index (χ1v) is 8.96. The van der Waals surface area contributed by atoms with Gasteiger partial charge in [0.2, 0.25) is 0 Å². The number of sulfonamides is 1. The molecule has 0 atom stereocenters. The molecule has 2 aromatic carbocycles. The van der Waals surface area contributed by atoms with Crippen LogP contribution in [0, 0.1) is 0 Å². The van der Waals surface area contributed by atoms with Crippen LogP contribution in [0.4, 0.5) is 5.69 Å². The van der Waals surface area contributed by atoms with Gasteiger partial charge in [0.25, 0.3) is 10.0 Å². The van der Waals surface area contributed by atoms with Gasteiger partial charge in [-0.05, 0) is 46.5 Å². The molecule has 3 rings (SSSR count). The Bertz CT molecular complexity index is 858. The van der Waals surface area contributed by atoms with Gasteiger partial charge in [0.1, 0.15) is 4.21 Å². The van der Waals surface area contributed by atoms with Crippen LogP contribution >= 0.6 is 27.3 Å². The fourth-order valence-electron chi connectivity index (χ4n) is 1.90. The van der Waals surface area contributed by atoms with E-state index >= 15 is 0 Å². The molecule has 0 fully saturated rings.